The second kappa shape index (κ2) is 49.3. The number of rotatable bonds is 59. The van der Waals surface area contributed by atoms with Crippen molar-refractivity contribution < 1.29 is 315 Å². The van der Waals surface area contributed by atoms with Crippen LogP contribution in [0, 0.1) is 0 Å². The van der Waals surface area contributed by atoms with Crippen LogP contribution in [0.4, 0.5) is 0 Å². The summed E-state index contributed by atoms with van der Waals surface area (Å²) in [5.74, 6) is 0. The molecule has 0 amide bonds. The van der Waals surface area contributed by atoms with Crippen molar-refractivity contribution in [2.45, 2.75) is 0 Å². The van der Waals surface area contributed by atoms with Crippen molar-refractivity contribution in [2.24, 2.45) is 0 Å². The van der Waals surface area contributed by atoms with E-state index in [0.717, 1.165) is 21.5 Å². The van der Waals surface area contributed by atoms with Gasteiger partial charge in [-0.3, -0.25) is 4.79 Å². The van der Waals surface area contributed by atoms with Crippen molar-refractivity contribution in [3.63, 3.8) is 0 Å². The van der Waals surface area contributed by atoms with Crippen LogP contribution in [-0.2, 0) is 306 Å². The predicted molar refractivity (Wildman–Crippen MR) is 187 cm³/mol. The molecule has 64 nitrogen and oxygen atoms in total. The molecule has 6 rings (SSSR count). The smallest absolute Gasteiger partial charge is 0.289 e. The van der Waals surface area contributed by atoms with E-state index in [9.17, 15) is 13.2 Å². The highest BCUT2D eigenvalue weighted by Crippen LogP contribution is 2.41. The molecule has 0 saturated heterocycles. The Morgan fingerprint density at radius 1 is 0.236 bits per heavy atom. The lowest BCUT2D eigenvalue weighted by Crippen LogP contribution is -2.13. The van der Waals surface area contributed by atoms with E-state index in [2.05, 4.69) is 344 Å². The van der Waals surface area contributed by atoms with Gasteiger partial charge in [0.15, 0.2) is 5.43 Å². The standard InChI is InChI=1S/C23H12OS.H2O63S/c24-23-17-7-2-1-5-13(17)15-11-12-20-22-16(9-10-18(23)21(15)22)14-6-3-4-8-19(14)25-20;1-5-7-9-11-13-15-17-19-21-23-25-27-29-31-33-35-37-39-41-43-45-47-49-51-53-55-57-59-61-63-64(3,4)62-60-58-56-54-52-50-48-46-44-42-40-38-36-34-32-30-28-26-24-22-20-18-16-14-12-10-8-6-2/h1-12H;1-2H. The molecule has 0 radical (unpaired) electrons. The van der Waals surface area contributed by atoms with Crippen molar-refractivity contribution >= 4 is 74.2 Å². The lowest BCUT2D eigenvalue weighted by Gasteiger charge is -2.13. The van der Waals surface area contributed by atoms with Gasteiger partial charge < -0.3 is 0 Å². The Morgan fingerprint density at radius 2 is 0.483 bits per heavy atom. The zero-order chi connectivity index (χ0) is 62.8. The van der Waals surface area contributed by atoms with Gasteiger partial charge in [0.25, 0.3) is 0 Å². The van der Waals surface area contributed by atoms with E-state index < -0.39 is 10.4 Å². The monoisotopic (exact) mass is 1380 g/mol. The van der Waals surface area contributed by atoms with Gasteiger partial charge in [0.1, 0.15) is 0 Å². The fourth-order valence-corrected chi connectivity index (χ4v) is 6.18. The molecule has 0 fully saturated rings. The molecule has 502 valence electrons. The van der Waals surface area contributed by atoms with E-state index in [4.69, 9.17) is 10.5 Å². The van der Waals surface area contributed by atoms with E-state index in [0.29, 0.717) is 0 Å². The molecule has 0 spiro atoms. The molecule has 0 atom stereocenters. The van der Waals surface area contributed by atoms with Crippen LogP contribution in [-0.4, -0.2) is 18.9 Å². The minimum atomic E-state index is -5.30. The largest absolute Gasteiger partial charge is 0.457 e. The highest BCUT2D eigenvalue weighted by molar-refractivity contribution is 7.81. The molecular formula is C23H14O64S2. The summed E-state index contributed by atoms with van der Waals surface area (Å²) in [6.45, 7) is 0. The van der Waals surface area contributed by atoms with Crippen molar-refractivity contribution in [3.05, 3.63) is 83.0 Å². The summed E-state index contributed by atoms with van der Waals surface area (Å²) in [5.41, 5.74) is 0.135. The van der Waals surface area contributed by atoms with Gasteiger partial charge in [0.2, 0.25) is 0 Å². The third-order valence-electron chi connectivity index (χ3n) is 6.98. The first-order valence-corrected chi connectivity index (χ1v) is 21.0. The second-order valence-corrected chi connectivity index (χ2v) is 13.1. The van der Waals surface area contributed by atoms with E-state index in [1.807, 2.05) is 24.3 Å². The Hall–Kier alpha value is -5.46. The Kier molecular flexibility index (Phi) is 41.1. The average Bonchev–Trinajstić information content (AvgIpc) is 0.732. The van der Waals surface area contributed by atoms with Gasteiger partial charge in [-0.25, -0.2) is 10.5 Å². The molecule has 2 N–H and O–H groups in total. The van der Waals surface area contributed by atoms with Crippen LogP contribution >= 0.6 is 11.3 Å². The average molecular weight is 1380 g/mol. The van der Waals surface area contributed by atoms with Crippen LogP contribution in [0.5, 0.6) is 0 Å². The number of hydrogen-bond acceptors (Lipinski definition) is 65. The summed E-state index contributed by atoms with van der Waals surface area (Å²) in [6.07, 6.45) is 0. The second-order valence-electron chi connectivity index (χ2n) is 10.9. The van der Waals surface area contributed by atoms with Gasteiger partial charge in [-0.1, -0.05) is 54.6 Å². The third-order valence-corrected chi connectivity index (χ3v) is 8.56. The molecule has 0 aliphatic carbocycles. The molecule has 5 aromatic carbocycles. The lowest BCUT2D eigenvalue weighted by molar-refractivity contribution is -0.905. The molecule has 1 heterocycles. The van der Waals surface area contributed by atoms with Gasteiger partial charge >= 0.3 is 10.4 Å². The number of benzene rings is 5. The molecule has 6 aromatic rings. The fraction of sp³-hybridized carbons (Fsp3) is 0. The van der Waals surface area contributed by atoms with Crippen LogP contribution in [0.25, 0.3) is 52.5 Å². The summed E-state index contributed by atoms with van der Waals surface area (Å²) < 4.78 is 31.4. The summed E-state index contributed by atoms with van der Waals surface area (Å²) >= 11 is 1.80. The highest BCUT2D eigenvalue weighted by atomic mass is 32.3. The Morgan fingerprint density at radius 3 is 0.809 bits per heavy atom. The van der Waals surface area contributed by atoms with Gasteiger partial charge in [-0.2, -0.15) is 8.42 Å². The SMILES string of the molecule is O=S(=O)(OOOOOOOOOOOOOOOOOOOOOOOOOOOOOO)OOOOOOOOOOOOOOOOOOOOOOOOOOOOOOO.O=c1c2ccccc2c2ccc3sc4ccccc4c4ccc1c2c34. The maximum absolute atomic E-state index is 13.1. The van der Waals surface area contributed by atoms with Gasteiger partial charge in [-0.15, -0.1) is 11.3 Å². The van der Waals surface area contributed by atoms with Crippen LogP contribution in [0.15, 0.2) is 77.6 Å². The summed E-state index contributed by atoms with van der Waals surface area (Å²) in [7, 11) is -5.30. The van der Waals surface area contributed by atoms with E-state index in [1.165, 1.54) is 30.9 Å². The first-order chi connectivity index (χ1) is 43.9. The minimum absolute atomic E-state index is 0.135. The van der Waals surface area contributed by atoms with Crippen LogP contribution in [0.2, 0.25) is 0 Å². The Labute approximate surface area is 472 Å². The Bertz CT molecular complexity index is 2840. The zero-order valence-electron chi connectivity index (χ0n) is 39.5. The summed E-state index contributed by atoms with van der Waals surface area (Å²) in [5, 5.41) is 219. The van der Waals surface area contributed by atoms with Gasteiger partial charge in [0, 0.05) is 157 Å². The maximum Gasteiger partial charge on any atom is 0.457 e. The molecule has 66 heteroatoms. The first-order valence-electron chi connectivity index (χ1n) is 18.9. The first kappa shape index (κ1) is 74.3. The highest BCUT2D eigenvalue weighted by Gasteiger charge is 2.19. The quantitative estimate of drug-likeness (QED) is 0.0180. The zero-order valence-corrected chi connectivity index (χ0v) is 41.1. The minimum Gasteiger partial charge on any atom is -0.289 e. The van der Waals surface area contributed by atoms with Crippen molar-refractivity contribution in [2.75, 3.05) is 0 Å². The van der Waals surface area contributed by atoms with Gasteiger partial charge in [0.05, 0.1) is 0 Å². The molecular weight excluding hydrogens is 1360 g/mol. The number of fused-ring (bicyclic) bond motifs is 4. The van der Waals surface area contributed by atoms with Crippen LogP contribution in [0.3, 0.4) is 0 Å². The van der Waals surface area contributed by atoms with Crippen molar-refractivity contribution in [3.8, 4) is 0 Å². The molecule has 1 aromatic heterocycles. The van der Waals surface area contributed by atoms with E-state index in [-0.39, 0.29) is 5.43 Å². The van der Waals surface area contributed by atoms with E-state index in [1.54, 1.807) is 11.3 Å². The predicted octanol–water partition coefficient (Wildman–Crippen LogP) is 1.62. The van der Waals surface area contributed by atoms with Crippen molar-refractivity contribution in [1.82, 2.24) is 0 Å². The van der Waals surface area contributed by atoms with E-state index >= 15 is 0 Å². The maximum atomic E-state index is 13.1. The molecule has 0 unspecified atom stereocenters. The normalized spacial score (nSPS) is 12.0. The molecule has 0 aliphatic heterocycles. The van der Waals surface area contributed by atoms with Crippen molar-refractivity contribution in [1.29, 1.82) is 0 Å². The molecule has 0 saturated carbocycles. The van der Waals surface area contributed by atoms with Crippen LogP contribution < -0.4 is 5.43 Å². The third kappa shape index (κ3) is 31.9. The number of hydrogen-bond donors (Lipinski definition) is 2. The lowest BCUT2D eigenvalue weighted by atomic mass is 9.92. The van der Waals surface area contributed by atoms with Crippen LogP contribution in [0.1, 0.15) is 0 Å². The molecule has 0 aliphatic rings. The molecule has 0 bridgehead atoms. The molecule has 89 heavy (non-hydrogen) atoms. The summed E-state index contributed by atoms with van der Waals surface area (Å²) in [4.78, 5) is 13.1. The topological polar surface area (TPSA) is 636 Å². The fourth-order valence-electron chi connectivity index (χ4n) is 4.85. The Balaban J connectivity index is 0.000000463. The summed E-state index contributed by atoms with van der Waals surface area (Å²) in [6, 6.07) is 25.0. The van der Waals surface area contributed by atoms with Gasteiger partial charge in [-0.05, 0) is 210 Å².